The number of esters is 1. The third-order valence-corrected chi connectivity index (χ3v) is 3.52. The molecule has 0 saturated carbocycles. The zero-order valence-corrected chi connectivity index (χ0v) is 12.0. The number of hydrogen-bond donors (Lipinski definition) is 1. The van der Waals surface area contributed by atoms with Gasteiger partial charge in [0.15, 0.2) is 0 Å². The third kappa shape index (κ3) is 2.74. The zero-order valence-electron chi connectivity index (χ0n) is 12.0. The summed E-state index contributed by atoms with van der Waals surface area (Å²) in [4.78, 5) is 19.8. The van der Waals surface area contributed by atoms with Crippen molar-refractivity contribution in [1.82, 2.24) is 9.97 Å². The summed E-state index contributed by atoms with van der Waals surface area (Å²) in [5, 5.41) is 12.0. The molecule has 1 aliphatic rings. The van der Waals surface area contributed by atoms with E-state index in [4.69, 9.17) is 10.00 Å². The highest BCUT2D eigenvalue weighted by molar-refractivity contribution is 5.68. The fourth-order valence-electron chi connectivity index (χ4n) is 2.56. The Hall–Kier alpha value is -2.94. The summed E-state index contributed by atoms with van der Waals surface area (Å²) in [7, 11) is 0. The molecule has 0 fully saturated rings. The predicted molar refractivity (Wildman–Crippen MR) is 79.3 cm³/mol. The van der Waals surface area contributed by atoms with E-state index in [0.717, 1.165) is 29.8 Å². The Morgan fingerprint density at radius 2 is 2.14 bits per heavy atom. The van der Waals surface area contributed by atoms with Gasteiger partial charge in [-0.2, -0.15) is 5.26 Å². The van der Waals surface area contributed by atoms with Gasteiger partial charge in [0.1, 0.15) is 18.2 Å². The minimum atomic E-state index is -0.314. The predicted octanol–water partition coefficient (Wildman–Crippen LogP) is 2.64. The van der Waals surface area contributed by atoms with Crippen molar-refractivity contribution in [3.05, 3.63) is 47.4 Å². The highest BCUT2D eigenvalue weighted by Crippen LogP contribution is 2.37. The molecular formula is C16H14N4O2. The van der Waals surface area contributed by atoms with Crippen LogP contribution in [-0.4, -0.2) is 15.9 Å². The third-order valence-electron chi connectivity index (χ3n) is 3.52. The normalized spacial score (nSPS) is 15.7. The molecule has 0 saturated heterocycles. The zero-order chi connectivity index (χ0) is 15.5. The van der Waals surface area contributed by atoms with Crippen LogP contribution in [0.15, 0.2) is 30.6 Å². The lowest BCUT2D eigenvalue weighted by molar-refractivity contribution is -0.146. The van der Waals surface area contributed by atoms with Gasteiger partial charge in [0.2, 0.25) is 0 Å². The molecule has 1 unspecified atom stereocenters. The van der Waals surface area contributed by atoms with Crippen LogP contribution in [0.25, 0.3) is 0 Å². The highest BCUT2D eigenvalue weighted by Gasteiger charge is 2.30. The maximum absolute atomic E-state index is 11.2. The largest absolute Gasteiger partial charge is 0.457 e. The van der Waals surface area contributed by atoms with Crippen molar-refractivity contribution >= 4 is 17.5 Å². The summed E-state index contributed by atoms with van der Waals surface area (Å²) in [6, 6.07) is 9.15. The van der Waals surface area contributed by atoms with Gasteiger partial charge in [0.25, 0.3) is 0 Å². The Morgan fingerprint density at radius 1 is 1.36 bits per heavy atom. The average Bonchev–Trinajstić information content (AvgIpc) is 2.91. The number of rotatable bonds is 3. The summed E-state index contributed by atoms with van der Waals surface area (Å²) >= 11 is 0. The molecule has 3 rings (SSSR count). The van der Waals surface area contributed by atoms with Crippen LogP contribution >= 0.6 is 0 Å². The first-order chi connectivity index (χ1) is 10.7. The number of benzene rings is 1. The van der Waals surface area contributed by atoms with Crippen LogP contribution in [0.3, 0.4) is 0 Å². The van der Waals surface area contributed by atoms with Gasteiger partial charge in [-0.3, -0.25) is 4.79 Å². The quantitative estimate of drug-likeness (QED) is 0.875. The van der Waals surface area contributed by atoms with Crippen LogP contribution in [-0.2, 0) is 16.0 Å². The van der Waals surface area contributed by atoms with Crippen molar-refractivity contribution in [1.29, 1.82) is 5.26 Å². The number of aryl methyl sites for hydroxylation is 1. The van der Waals surface area contributed by atoms with Gasteiger partial charge in [-0.1, -0.05) is 0 Å². The van der Waals surface area contributed by atoms with E-state index in [0.29, 0.717) is 11.4 Å². The van der Waals surface area contributed by atoms with Crippen LogP contribution < -0.4 is 5.32 Å². The molecule has 1 aromatic heterocycles. The van der Waals surface area contributed by atoms with Gasteiger partial charge in [-0.25, -0.2) is 9.97 Å². The first-order valence-electron chi connectivity index (χ1n) is 6.95. The van der Waals surface area contributed by atoms with Gasteiger partial charge >= 0.3 is 5.97 Å². The van der Waals surface area contributed by atoms with Crippen molar-refractivity contribution in [2.45, 2.75) is 25.9 Å². The van der Waals surface area contributed by atoms with Gasteiger partial charge in [0.05, 0.1) is 22.9 Å². The van der Waals surface area contributed by atoms with E-state index in [-0.39, 0.29) is 12.1 Å². The maximum atomic E-state index is 11.2. The monoisotopic (exact) mass is 294 g/mol. The number of ether oxygens (including phenoxy) is 1. The number of fused-ring (bicyclic) bond motifs is 1. The van der Waals surface area contributed by atoms with Crippen LogP contribution in [0.4, 0.5) is 11.5 Å². The van der Waals surface area contributed by atoms with Crippen molar-refractivity contribution in [3.8, 4) is 6.07 Å². The molecule has 0 spiro atoms. The molecule has 0 radical (unpaired) electrons. The van der Waals surface area contributed by atoms with Crippen LogP contribution in [0.1, 0.15) is 36.3 Å². The molecule has 1 aliphatic carbocycles. The standard InChI is InChI=1S/C16H14N4O2/c1-10(21)22-14-7-6-13-15(14)16(19-9-18-13)20-12-4-2-11(8-17)3-5-12/h2-5,9,14H,6-7H2,1H3,(H,18,19,20). The molecule has 0 aliphatic heterocycles. The number of hydrogen-bond acceptors (Lipinski definition) is 6. The van der Waals surface area contributed by atoms with E-state index in [1.54, 1.807) is 12.1 Å². The minimum Gasteiger partial charge on any atom is -0.457 e. The van der Waals surface area contributed by atoms with Gasteiger partial charge in [0, 0.05) is 12.6 Å². The number of carbonyl (C=O) groups excluding carboxylic acids is 1. The number of nitriles is 1. The van der Waals surface area contributed by atoms with E-state index in [2.05, 4.69) is 21.4 Å². The topological polar surface area (TPSA) is 87.9 Å². The van der Waals surface area contributed by atoms with E-state index in [1.165, 1.54) is 13.3 Å². The van der Waals surface area contributed by atoms with Gasteiger partial charge < -0.3 is 10.1 Å². The summed E-state index contributed by atoms with van der Waals surface area (Å²) in [5.41, 5.74) is 3.14. The van der Waals surface area contributed by atoms with Crippen LogP contribution in [0.2, 0.25) is 0 Å². The molecule has 6 nitrogen and oxygen atoms in total. The number of anilines is 2. The fraction of sp³-hybridized carbons (Fsp3) is 0.250. The number of aromatic nitrogens is 2. The second-order valence-electron chi connectivity index (χ2n) is 5.03. The lowest BCUT2D eigenvalue weighted by Crippen LogP contribution is -2.09. The smallest absolute Gasteiger partial charge is 0.303 e. The summed E-state index contributed by atoms with van der Waals surface area (Å²) in [6.07, 6.45) is 2.67. The van der Waals surface area contributed by atoms with Crippen molar-refractivity contribution < 1.29 is 9.53 Å². The lowest BCUT2D eigenvalue weighted by Gasteiger charge is -2.15. The van der Waals surface area contributed by atoms with E-state index in [9.17, 15) is 4.79 Å². The maximum Gasteiger partial charge on any atom is 0.303 e. The van der Waals surface area contributed by atoms with Crippen LogP contribution in [0.5, 0.6) is 0 Å². The van der Waals surface area contributed by atoms with E-state index < -0.39 is 0 Å². The Kier molecular flexibility index (Phi) is 3.71. The Balaban J connectivity index is 1.90. The van der Waals surface area contributed by atoms with E-state index >= 15 is 0 Å². The second-order valence-corrected chi connectivity index (χ2v) is 5.03. The average molecular weight is 294 g/mol. The molecule has 6 heteroatoms. The van der Waals surface area contributed by atoms with Gasteiger partial charge in [-0.05, 0) is 37.1 Å². The molecule has 1 atom stereocenters. The number of nitrogens with zero attached hydrogens (tertiary/aromatic N) is 3. The number of nitrogens with one attached hydrogen (secondary N) is 1. The Morgan fingerprint density at radius 3 is 2.82 bits per heavy atom. The minimum absolute atomic E-state index is 0.311. The van der Waals surface area contributed by atoms with Gasteiger partial charge in [-0.15, -0.1) is 0 Å². The van der Waals surface area contributed by atoms with Crippen molar-refractivity contribution in [2.24, 2.45) is 0 Å². The van der Waals surface area contributed by atoms with Crippen molar-refractivity contribution in [3.63, 3.8) is 0 Å². The molecule has 0 bridgehead atoms. The summed E-state index contributed by atoms with van der Waals surface area (Å²) < 4.78 is 5.35. The van der Waals surface area contributed by atoms with Crippen LogP contribution in [0, 0.1) is 11.3 Å². The molecule has 1 N–H and O–H groups in total. The first kappa shape index (κ1) is 14.0. The Bertz CT molecular complexity index is 750. The molecule has 22 heavy (non-hydrogen) atoms. The molecule has 1 aromatic carbocycles. The summed E-state index contributed by atoms with van der Waals surface area (Å²) in [5.74, 6) is 0.324. The fourth-order valence-corrected chi connectivity index (χ4v) is 2.56. The second kappa shape index (κ2) is 5.82. The molecular weight excluding hydrogens is 280 g/mol. The SMILES string of the molecule is CC(=O)OC1CCc2ncnc(Nc3ccc(C#N)cc3)c21. The van der Waals surface area contributed by atoms with Crippen molar-refractivity contribution in [2.75, 3.05) is 5.32 Å². The molecule has 2 aromatic rings. The number of carbonyl (C=O) groups is 1. The molecule has 0 amide bonds. The summed E-state index contributed by atoms with van der Waals surface area (Å²) in [6.45, 7) is 1.40. The lowest BCUT2D eigenvalue weighted by atomic mass is 10.2. The Labute approximate surface area is 127 Å². The molecule has 1 heterocycles. The first-order valence-corrected chi connectivity index (χ1v) is 6.95. The molecule has 110 valence electrons. The van der Waals surface area contributed by atoms with E-state index in [1.807, 2.05) is 12.1 Å². The highest BCUT2D eigenvalue weighted by atomic mass is 16.5.